The van der Waals surface area contributed by atoms with E-state index >= 15 is 0 Å². The number of nitrogens with zero attached hydrogens (tertiary/aromatic N) is 1. The fourth-order valence-electron chi connectivity index (χ4n) is 2.71. The minimum absolute atomic E-state index is 0.339. The second-order valence-corrected chi connectivity index (χ2v) is 5.60. The monoisotopic (exact) mass is 263 g/mol. The number of hydrogen-bond acceptors (Lipinski definition) is 3. The summed E-state index contributed by atoms with van der Waals surface area (Å²) in [5.41, 5.74) is 0.163. The molecule has 2 unspecified atom stereocenters. The Hall–Kier alpha value is -0.900. The average Bonchev–Trinajstić information content (AvgIpc) is 2.91. The first-order valence-corrected chi connectivity index (χ1v) is 7.23. The molecule has 3 nitrogen and oxygen atoms in total. The molecule has 1 N–H and O–H groups in total. The molecule has 0 bridgehead atoms. The van der Waals surface area contributed by atoms with Gasteiger partial charge in [-0.2, -0.15) is 0 Å². The summed E-state index contributed by atoms with van der Waals surface area (Å²) in [6.07, 6.45) is 2.65. The number of hydrogen-bond donors (Lipinski definition) is 1. The van der Waals surface area contributed by atoms with Gasteiger partial charge in [-0.05, 0) is 31.9 Å². The van der Waals surface area contributed by atoms with Crippen LogP contribution in [0.1, 0.15) is 32.3 Å². The van der Waals surface area contributed by atoms with E-state index in [0.717, 1.165) is 38.1 Å². The molecular formula is C16H25NO2. The van der Waals surface area contributed by atoms with Gasteiger partial charge in [0, 0.05) is 19.7 Å². The summed E-state index contributed by atoms with van der Waals surface area (Å²) in [7, 11) is 0. The zero-order valence-electron chi connectivity index (χ0n) is 12.0. The Labute approximate surface area is 116 Å². The molecule has 1 aliphatic rings. The van der Waals surface area contributed by atoms with Crippen molar-refractivity contribution in [3.63, 3.8) is 0 Å². The summed E-state index contributed by atoms with van der Waals surface area (Å²) in [5, 5.41) is 10.7. The highest BCUT2D eigenvalue weighted by molar-refractivity contribution is 5.21. The van der Waals surface area contributed by atoms with Crippen LogP contribution in [0.3, 0.4) is 0 Å². The molecule has 2 rings (SSSR count). The highest BCUT2D eigenvalue weighted by atomic mass is 16.5. The van der Waals surface area contributed by atoms with Gasteiger partial charge in [-0.15, -0.1) is 0 Å². The van der Waals surface area contributed by atoms with Gasteiger partial charge in [0.25, 0.3) is 0 Å². The van der Waals surface area contributed by atoms with E-state index in [-0.39, 0.29) is 0 Å². The molecule has 1 saturated heterocycles. The first-order chi connectivity index (χ1) is 9.12. The van der Waals surface area contributed by atoms with Crippen LogP contribution in [-0.2, 0) is 10.3 Å². The van der Waals surface area contributed by atoms with Gasteiger partial charge < -0.3 is 9.84 Å². The molecule has 0 aliphatic carbocycles. The van der Waals surface area contributed by atoms with E-state index in [9.17, 15) is 5.11 Å². The fourth-order valence-corrected chi connectivity index (χ4v) is 2.71. The maximum Gasteiger partial charge on any atom is 0.0994 e. The van der Waals surface area contributed by atoms with Crippen molar-refractivity contribution in [3.8, 4) is 0 Å². The molecule has 2 atom stereocenters. The maximum atomic E-state index is 10.7. The van der Waals surface area contributed by atoms with Gasteiger partial charge in [0.2, 0.25) is 0 Å². The Morgan fingerprint density at radius 3 is 2.68 bits per heavy atom. The van der Waals surface area contributed by atoms with Gasteiger partial charge in [0.05, 0.1) is 11.7 Å². The maximum absolute atomic E-state index is 10.7. The minimum atomic E-state index is -0.810. The predicted octanol–water partition coefficient (Wildman–Crippen LogP) is 2.40. The van der Waals surface area contributed by atoms with E-state index in [2.05, 4.69) is 11.8 Å². The molecule has 19 heavy (non-hydrogen) atoms. The zero-order valence-corrected chi connectivity index (χ0v) is 12.0. The van der Waals surface area contributed by atoms with Crippen molar-refractivity contribution >= 4 is 0 Å². The molecular weight excluding hydrogens is 238 g/mol. The van der Waals surface area contributed by atoms with Crippen LogP contribution < -0.4 is 0 Å². The van der Waals surface area contributed by atoms with Crippen LogP contribution in [0.2, 0.25) is 0 Å². The third-order valence-electron chi connectivity index (χ3n) is 3.86. The number of benzene rings is 1. The van der Waals surface area contributed by atoms with Crippen LogP contribution in [0.15, 0.2) is 30.3 Å². The van der Waals surface area contributed by atoms with Crippen molar-refractivity contribution in [2.45, 2.75) is 38.4 Å². The minimum Gasteiger partial charge on any atom is -0.384 e. The van der Waals surface area contributed by atoms with Crippen molar-refractivity contribution in [2.75, 3.05) is 26.2 Å². The van der Waals surface area contributed by atoms with Gasteiger partial charge in [-0.25, -0.2) is 0 Å². The fraction of sp³-hybridized carbons (Fsp3) is 0.625. The Balaban J connectivity index is 1.96. The molecule has 0 spiro atoms. The van der Waals surface area contributed by atoms with Crippen LogP contribution >= 0.6 is 0 Å². The normalized spacial score (nSPS) is 22.6. The standard InChI is InChI=1S/C16H25NO2/c1-3-17(12-15-10-7-11-19-15)13-16(2,18)14-8-5-4-6-9-14/h4-6,8-9,15,18H,3,7,10-13H2,1-2H3. The van der Waals surface area contributed by atoms with E-state index in [0.29, 0.717) is 12.6 Å². The molecule has 1 heterocycles. The molecule has 0 saturated carbocycles. The highest BCUT2D eigenvalue weighted by Crippen LogP contribution is 2.22. The van der Waals surface area contributed by atoms with Crippen LogP contribution in [-0.4, -0.2) is 42.4 Å². The molecule has 0 radical (unpaired) electrons. The van der Waals surface area contributed by atoms with Crippen LogP contribution in [0.5, 0.6) is 0 Å². The average molecular weight is 263 g/mol. The first-order valence-electron chi connectivity index (χ1n) is 7.23. The van der Waals surface area contributed by atoms with Crippen molar-refractivity contribution < 1.29 is 9.84 Å². The summed E-state index contributed by atoms with van der Waals surface area (Å²) in [5.74, 6) is 0. The SMILES string of the molecule is CCN(CC1CCCO1)CC(C)(O)c1ccccc1. The molecule has 3 heteroatoms. The lowest BCUT2D eigenvalue weighted by atomic mass is 9.95. The summed E-state index contributed by atoms with van der Waals surface area (Å²) < 4.78 is 5.68. The first kappa shape index (κ1) is 14.5. The largest absolute Gasteiger partial charge is 0.384 e. The van der Waals surface area contributed by atoms with E-state index in [1.165, 1.54) is 0 Å². The molecule has 1 aromatic carbocycles. The van der Waals surface area contributed by atoms with E-state index in [1.807, 2.05) is 37.3 Å². The van der Waals surface area contributed by atoms with Gasteiger partial charge in [0.15, 0.2) is 0 Å². The van der Waals surface area contributed by atoms with Gasteiger partial charge >= 0.3 is 0 Å². The summed E-state index contributed by atoms with van der Waals surface area (Å²) in [4.78, 5) is 2.28. The molecule has 1 aliphatic heterocycles. The second kappa shape index (κ2) is 6.51. The topological polar surface area (TPSA) is 32.7 Å². The molecule has 1 aromatic rings. The quantitative estimate of drug-likeness (QED) is 0.855. The smallest absolute Gasteiger partial charge is 0.0994 e. The van der Waals surface area contributed by atoms with Crippen molar-refractivity contribution in [2.24, 2.45) is 0 Å². The number of ether oxygens (including phenoxy) is 1. The molecule has 0 amide bonds. The Bertz CT molecular complexity index is 372. The van der Waals surface area contributed by atoms with Crippen molar-refractivity contribution in [1.82, 2.24) is 4.90 Å². The number of aliphatic hydroxyl groups is 1. The zero-order chi connectivity index (χ0) is 13.7. The lowest BCUT2D eigenvalue weighted by molar-refractivity contribution is -0.00127. The van der Waals surface area contributed by atoms with Crippen LogP contribution in [0, 0.1) is 0 Å². The van der Waals surface area contributed by atoms with Crippen molar-refractivity contribution in [3.05, 3.63) is 35.9 Å². The van der Waals surface area contributed by atoms with E-state index in [1.54, 1.807) is 0 Å². The second-order valence-electron chi connectivity index (χ2n) is 5.60. The third-order valence-corrected chi connectivity index (χ3v) is 3.86. The number of likely N-dealkylation sites (N-methyl/N-ethyl adjacent to an activating group) is 1. The summed E-state index contributed by atoms with van der Waals surface area (Å²) in [6.45, 7) is 7.41. The highest BCUT2D eigenvalue weighted by Gasteiger charge is 2.27. The van der Waals surface area contributed by atoms with E-state index < -0.39 is 5.60 Å². The predicted molar refractivity (Wildman–Crippen MR) is 77.1 cm³/mol. The Morgan fingerprint density at radius 2 is 2.11 bits per heavy atom. The van der Waals surface area contributed by atoms with Crippen molar-refractivity contribution in [1.29, 1.82) is 0 Å². The number of rotatable bonds is 6. The van der Waals surface area contributed by atoms with Gasteiger partial charge in [0.1, 0.15) is 0 Å². The molecule has 106 valence electrons. The van der Waals surface area contributed by atoms with Crippen LogP contribution in [0.25, 0.3) is 0 Å². The van der Waals surface area contributed by atoms with Crippen LogP contribution in [0.4, 0.5) is 0 Å². The lowest BCUT2D eigenvalue weighted by Crippen LogP contribution is -2.42. The summed E-state index contributed by atoms with van der Waals surface area (Å²) in [6, 6.07) is 9.89. The third kappa shape index (κ3) is 4.03. The Morgan fingerprint density at radius 1 is 1.37 bits per heavy atom. The molecule has 0 aromatic heterocycles. The molecule has 1 fully saturated rings. The van der Waals surface area contributed by atoms with E-state index in [4.69, 9.17) is 4.74 Å². The summed E-state index contributed by atoms with van der Waals surface area (Å²) >= 11 is 0. The lowest BCUT2D eigenvalue weighted by Gasteiger charge is -2.32. The van der Waals surface area contributed by atoms with Gasteiger partial charge in [-0.1, -0.05) is 37.3 Å². The van der Waals surface area contributed by atoms with Gasteiger partial charge in [-0.3, -0.25) is 4.90 Å². The Kier molecular flexibility index (Phi) is 4.97.